The number of nitrogens with one attached hydrogen (secondary N) is 2. The molecule has 0 bridgehead atoms. The van der Waals surface area contributed by atoms with Crippen LogP contribution in [0.1, 0.15) is 16.7 Å². The van der Waals surface area contributed by atoms with E-state index in [1.807, 2.05) is 5.38 Å². The molecule has 0 radical (unpaired) electrons. The predicted molar refractivity (Wildman–Crippen MR) is 126 cm³/mol. The number of carbonyl (C=O) groups is 2. The maximum atomic E-state index is 12.5. The first kappa shape index (κ1) is 23.1. The van der Waals surface area contributed by atoms with Crippen molar-refractivity contribution in [2.75, 3.05) is 51.1 Å². The Kier molecular flexibility index (Phi) is 7.95. The molecule has 2 aromatic rings. The molecule has 2 amide bonds. The number of nitrogens with zero attached hydrogens (tertiary/aromatic N) is 3. The van der Waals surface area contributed by atoms with Gasteiger partial charge in [-0.1, -0.05) is 23.8 Å². The normalized spacial score (nSPS) is 14.9. The summed E-state index contributed by atoms with van der Waals surface area (Å²) in [5.41, 5.74) is 5.66. The Hall–Kier alpha value is -2.55. The first-order chi connectivity index (χ1) is 14.9. The van der Waals surface area contributed by atoms with Gasteiger partial charge in [-0.2, -0.15) is 0 Å². The third-order valence-corrected chi connectivity index (χ3v) is 6.08. The van der Waals surface area contributed by atoms with Crippen LogP contribution in [-0.2, 0) is 9.59 Å². The highest BCUT2D eigenvalue weighted by atomic mass is 32.1. The molecule has 1 saturated heterocycles. The first-order valence-electron chi connectivity index (χ1n) is 10.5. The van der Waals surface area contributed by atoms with Crippen molar-refractivity contribution in [1.29, 1.82) is 0 Å². The Morgan fingerprint density at radius 2 is 1.65 bits per heavy atom. The van der Waals surface area contributed by atoms with Crippen molar-refractivity contribution in [3.63, 3.8) is 0 Å². The number of hydrogen-bond acceptors (Lipinski definition) is 6. The monoisotopic (exact) mass is 441 g/mol. The number of piperazine rings is 1. The second kappa shape index (κ2) is 10.7. The third-order valence-electron chi connectivity index (χ3n) is 5.33. The van der Waals surface area contributed by atoms with Gasteiger partial charge in [0.1, 0.15) is 0 Å². The summed E-state index contributed by atoms with van der Waals surface area (Å²) < 4.78 is 0. The summed E-state index contributed by atoms with van der Waals surface area (Å²) in [5.74, 6) is -0.0554. The van der Waals surface area contributed by atoms with Crippen LogP contribution in [0, 0.1) is 20.8 Å². The molecule has 1 aliphatic heterocycles. The zero-order valence-electron chi connectivity index (χ0n) is 18.5. The van der Waals surface area contributed by atoms with Crippen molar-refractivity contribution < 1.29 is 9.59 Å². The molecule has 0 saturated carbocycles. The molecule has 2 N–H and O–H groups in total. The van der Waals surface area contributed by atoms with Crippen molar-refractivity contribution in [2.24, 2.45) is 0 Å². The van der Waals surface area contributed by atoms with Crippen LogP contribution in [0.3, 0.4) is 0 Å². The standard InChI is InChI=1S/C23H31N5O2S/c1-5-6-24-20(29)13-27-7-9-28(10-8-27)14-21(30)26-23-25-19(15-31-23)22-17(3)11-16(2)12-18(22)4/h5,11-12,15H,1,6-10,13-14H2,2-4H3,(H,24,29)(H,25,26,30). The molecule has 1 fully saturated rings. The van der Waals surface area contributed by atoms with Gasteiger partial charge in [0.05, 0.1) is 18.8 Å². The highest BCUT2D eigenvalue weighted by Gasteiger charge is 2.21. The molecule has 1 aliphatic rings. The number of anilines is 1. The summed E-state index contributed by atoms with van der Waals surface area (Å²) in [6.45, 7) is 14.1. The minimum absolute atomic E-state index is 0.00437. The molecule has 0 spiro atoms. The van der Waals surface area contributed by atoms with Crippen LogP contribution in [0.4, 0.5) is 5.13 Å². The molecule has 7 nitrogen and oxygen atoms in total. The summed E-state index contributed by atoms with van der Waals surface area (Å²) in [5, 5.41) is 8.35. The number of hydrogen-bond donors (Lipinski definition) is 2. The lowest BCUT2D eigenvalue weighted by Gasteiger charge is -2.33. The number of aromatic nitrogens is 1. The summed E-state index contributed by atoms with van der Waals surface area (Å²) in [6, 6.07) is 4.31. The topological polar surface area (TPSA) is 77.6 Å². The van der Waals surface area contributed by atoms with E-state index in [0.717, 1.165) is 37.4 Å². The van der Waals surface area contributed by atoms with E-state index in [1.165, 1.54) is 28.0 Å². The third kappa shape index (κ3) is 6.46. The van der Waals surface area contributed by atoms with E-state index in [9.17, 15) is 9.59 Å². The molecule has 8 heteroatoms. The minimum Gasteiger partial charge on any atom is -0.352 e. The van der Waals surface area contributed by atoms with Crippen LogP contribution in [0.25, 0.3) is 11.3 Å². The van der Waals surface area contributed by atoms with E-state index in [-0.39, 0.29) is 11.8 Å². The van der Waals surface area contributed by atoms with Crippen LogP contribution in [0.2, 0.25) is 0 Å². The maximum absolute atomic E-state index is 12.5. The lowest BCUT2D eigenvalue weighted by atomic mass is 9.98. The summed E-state index contributed by atoms with van der Waals surface area (Å²) in [4.78, 5) is 33.2. The smallest absolute Gasteiger partial charge is 0.240 e. The van der Waals surface area contributed by atoms with E-state index in [4.69, 9.17) is 0 Å². The molecule has 0 unspecified atom stereocenters. The van der Waals surface area contributed by atoms with Crippen molar-refractivity contribution in [2.45, 2.75) is 20.8 Å². The second-order valence-electron chi connectivity index (χ2n) is 8.00. The highest BCUT2D eigenvalue weighted by Crippen LogP contribution is 2.31. The fourth-order valence-electron chi connectivity index (χ4n) is 3.94. The molecule has 1 aromatic carbocycles. The molecule has 2 heterocycles. The van der Waals surface area contributed by atoms with E-state index in [1.54, 1.807) is 6.08 Å². The molecule has 31 heavy (non-hydrogen) atoms. The largest absolute Gasteiger partial charge is 0.352 e. The van der Waals surface area contributed by atoms with Crippen molar-refractivity contribution in [3.05, 3.63) is 46.9 Å². The fraction of sp³-hybridized carbons (Fsp3) is 0.435. The molecule has 3 rings (SSSR count). The van der Waals surface area contributed by atoms with E-state index in [0.29, 0.717) is 24.8 Å². The number of rotatable bonds is 8. The molecular weight excluding hydrogens is 410 g/mol. The zero-order chi connectivity index (χ0) is 22.4. The Morgan fingerprint density at radius 1 is 1.06 bits per heavy atom. The lowest BCUT2D eigenvalue weighted by Crippen LogP contribution is -2.51. The van der Waals surface area contributed by atoms with E-state index >= 15 is 0 Å². The SMILES string of the molecule is C=CCNC(=O)CN1CCN(CC(=O)Nc2nc(-c3c(C)cc(C)cc3C)cs2)CC1. The maximum Gasteiger partial charge on any atom is 0.240 e. The Morgan fingerprint density at radius 3 is 2.23 bits per heavy atom. The Labute approximate surface area is 188 Å². The van der Waals surface area contributed by atoms with Crippen LogP contribution in [0.15, 0.2) is 30.2 Å². The number of thiazole rings is 1. The van der Waals surface area contributed by atoms with Gasteiger partial charge in [0.2, 0.25) is 11.8 Å². The van der Waals surface area contributed by atoms with Crippen molar-refractivity contribution in [1.82, 2.24) is 20.1 Å². The number of amides is 2. The number of carbonyl (C=O) groups excluding carboxylic acids is 2. The van der Waals surface area contributed by atoms with Crippen LogP contribution < -0.4 is 10.6 Å². The predicted octanol–water partition coefficient (Wildman–Crippen LogP) is 2.59. The van der Waals surface area contributed by atoms with E-state index < -0.39 is 0 Å². The summed E-state index contributed by atoms with van der Waals surface area (Å²) in [7, 11) is 0. The summed E-state index contributed by atoms with van der Waals surface area (Å²) in [6.07, 6.45) is 1.67. The molecular formula is C23H31N5O2S. The first-order valence-corrected chi connectivity index (χ1v) is 11.4. The molecule has 0 atom stereocenters. The van der Waals surface area contributed by atoms with Gasteiger partial charge in [0, 0.05) is 43.7 Å². The van der Waals surface area contributed by atoms with Crippen LogP contribution >= 0.6 is 11.3 Å². The number of aryl methyl sites for hydroxylation is 3. The fourth-order valence-corrected chi connectivity index (χ4v) is 4.66. The van der Waals surface area contributed by atoms with Crippen LogP contribution in [0.5, 0.6) is 0 Å². The lowest BCUT2D eigenvalue weighted by molar-refractivity contribution is -0.123. The number of benzene rings is 1. The summed E-state index contributed by atoms with van der Waals surface area (Å²) >= 11 is 1.45. The van der Waals surface area contributed by atoms with E-state index in [2.05, 4.69) is 64.9 Å². The van der Waals surface area contributed by atoms with Gasteiger partial charge < -0.3 is 10.6 Å². The van der Waals surface area contributed by atoms with Gasteiger partial charge in [-0.25, -0.2) is 4.98 Å². The molecule has 166 valence electrons. The highest BCUT2D eigenvalue weighted by molar-refractivity contribution is 7.14. The Bertz CT molecular complexity index is 924. The quantitative estimate of drug-likeness (QED) is 0.616. The zero-order valence-corrected chi connectivity index (χ0v) is 19.3. The average Bonchev–Trinajstić information content (AvgIpc) is 3.14. The van der Waals surface area contributed by atoms with Crippen molar-refractivity contribution in [3.8, 4) is 11.3 Å². The molecule has 1 aromatic heterocycles. The van der Waals surface area contributed by atoms with Gasteiger partial charge in [0.25, 0.3) is 0 Å². The second-order valence-corrected chi connectivity index (χ2v) is 8.86. The van der Waals surface area contributed by atoms with Crippen LogP contribution in [-0.4, -0.2) is 72.4 Å². The minimum atomic E-state index is -0.0598. The Balaban J connectivity index is 1.48. The van der Waals surface area contributed by atoms with Gasteiger partial charge in [-0.05, 0) is 31.9 Å². The van der Waals surface area contributed by atoms with Gasteiger partial charge in [-0.3, -0.25) is 19.4 Å². The molecule has 0 aliphatic carbocycles. The van der Waals surface area contributed by atoms with Gasteiger partial charge in [0.15, 0.2) is 5.13 Å². The average molecular weight is 442 g/mol. The van der Waals surface area contributed by atoms with Gasteiger partial charge in [-0.15, -0.1) is 17.9 Å². The van der Waals surface area contributed by atoms with Crippen molar-refractivity contribution >= 4 is 28.3 Å². The van der Waals surface area contributed by atoms with Gasteiger partial charge >= 0.3 is 0 Å².